The first kappa shape index (κ1) is 13.9. The molecule has 1 aromatic carbocycles. The van der Waals surface area contributed by atoms with Gasteiger partial charge in [0.1, 0.15) is 0 Å². The fourth-order valence-corrected chi connectivity index (χ4v) is 1.27. The molecule has 0 heterocycles. The van der Waals surface area contributed by atoms with Gasteiger partial charge >= 0.3 is 6.03 Å². The van der Waals surface area contributed by atoms with Crippen molar-refractivity contribution in [3.05, 3.63) is 29.8 Å². The van der Waals surface area contributed by atoms with Crippen molar-refractivity contribution in [2.45, 2.75) is 19.5 Å². The van der Waals surface area contributed by atoms with Gasteiger partial charge in [-0.25, -0.2) is 10.3 Å². The van der Waals surface area contributed by atoms with E-state index in [-0.39, 0.29) is 6.42 Å². The highest BCUT2D eigenvalue weighted by Crippen LogP contribution is 2.08. The number of hydroxylamine groups is 1. The third-order valence-corrected chi connectivity index (χ3v) is 2.16. The van der Waals surface area contributed by atoms with E-state index in [0.29, 0.717) is 5.69 Å². The lowest BCUT2D eigenvalue weighted by Gasteiger charge is -2.13. The Labute approximate surface area is 104 Å². The van der Waals surface area contributed by atoms with Gasteiger partial charge in [-0.15, -0.1) is 0 Å². The van der Waals surface area contributed by atoms with Crippen LogP contribution in [0.5, 0.6) is 0 Å². The van der Waals surface area contributed by atoms with Crippen LogP contribution in [-0.2, 0) is 4.79 Å². The molecule has 1 aromatic rings. The summed E-state index contributed by atoms with van der Waals surface area (Å²) >= 11 is 0. The normalized spacial score (nSPS) is 11.5. The summed E-state index contributed by atoms with van der Waals surface area (Å²) in [7, 11) is 0. The molecule has 0 radical (unpaired) electrons. The highest BCUT2D eigenvalue weighted by molar-refractivity contribution is 5.89. The van der Waals surface area contributed by atoms with E-state index in [1.54, 1.807) is 12.1 Å². The number of carbonyl (C=O) groups excluding carboxylic acids is 2. The minimum atomic E-state index is -0.873. The Morgan fingerprint density at radius 1 is 1.33 bits per heavy atom. The smallest absolute Gasteiger partial charge is 0.320 e. The Morgan fingerprint density at radius 3 is 2.50 bits per heavy atom. The first-order chi connectivity index (χ1) is 8.51. The van der Waals surface area contributed by atoms with Crippen molar-refractivity contribution in [3.63, 3.8) is 0 Å². The number of hydrogen-bond acceptors (Lipinski definition) is 4. The molecule has 0 aliphatic carbocycles. The Morgan fingerprint density at radius 2 is 1.94 bits per heavy atom. The molecule has 0 saturated heterocycles. The van der Waals surface area contributed by atoms with Crippen molar-refractivity contribution in [1.82, 2.24) is 10.8 Å². The van der Waals surface area contributed by atoms with Crippen LogP contribution in [0.25, 0.3) is 0 Å². The maximum atomic E-state index is 11.5. The third kappa shape index (κ3) is 4.81. The van der Waals surface area contributed by atoms with Gasteiger partial charge in [0.05, 0.1) is 12.6 Å². The van der Waals surface area contributed by atoms with E-state index in [2.05, 4.69) is 10.6 Å². The second-order valence-electron chi connectivity index (χ2n) is 3.81. The van der Waals surface area contributed by atoms with Gasteiger partial charge in [-0.3, -0.25) is 10.0 Å². The van der Waals surface area contributed by atoms with Crippen molar-refractivity contribution in [2.24, 2.45) is 5.73 Å². The van der Waals surface area contributed by atoms with E-state index < -0.39 is 18.1 Å². The van der Waals surface area contributed by atoms with Gasteiger partial charge in [-0.05, 0) is 19.1 Å². The van der Waals surface area contributed by atoms with Crippen LogP contribution in [0.2, 0.25) is 0 Å². The zero-order valence-corrected chi connectivity index (χ0v) is 9.93. The highest BCUT2D eigenvalue weighted by atomic mass is 16.5. The predicted molar refractivity (Wildman–Crippen MR) is 65.9 cm³/mol. The SMILES string of the molecule is Cc1ccc(NC(=O)NC(N)CC(=O)NO)cc1. The van der Waals surface area contributed by atoms with E-state index in [4.69, 9.17) is 10.9 Å². The summed E-state index contributed by atoms with van der Waals surface area (Å²) in [6, 6.07) is 6.70. The van der Waals surface area contributed by atoms with Gasteiger partial charge < -0.3 is 16.4 Å². The fourth-order valence-electron chi connectivity index (χ4n) is 1.27. The number of aryl methyl sites for hydroxylation is 1. The summed E-state index contributed by atoms with van der Waals surface area (Å²) in [5, 5.41) is 13.2. The number of carbonyl (C=O) groups is 2. The van der Waals surface area contributed by atoms with Crippen LogP contribution >= 0.6 is 0 Å². The summed E-state index contributed by atoms with van der Waals surface area (Å²) in [4.78, 5) is 22.3. The molecule has 7 heteroatoms. The predicted octanol–water partition coefficient (Wildman–Crippen LogP) is 0.297. The van der Waals surface area contributed by atoms with Crippen LogP contribution in [0.4, 0.5) is 10.5 Å². The number of hydrogen-bond donors (Lipinski definition) is 5. The molecule has 6 N–H and O–H groups in total. The van der Waals surface area contributed by atoms with Crippen molar-refractivity contribution in [2.75, 3.05) is 5.32 Å². The molecule has 1 rings (SSSR count). The van der Waals surface area contributed by atoms with Crippen molar-refractivity contribution in [1.29, 1.82) is 0 Å². The molecule has 0 aliphatic rings. The molecule has 0 fully saturated rings. The highest BCUT2D eigenvalue weighted by Gasteiger charge is 2.11. The fraction of sp³-hybridized carbons (Fsp3) is 0.273. The second kappa shape index (κ2) is 6.58. The van der Waals surface area contributed by atoms with Gasteiger partial charge in [-0.1, -0.05) is 17.7 Å². The average Bonchev–Trinajstić information content (AvgIpc) is 2.31. The van der Waals surface area contributed by atoms with E-state index in [0.717, 1.165) is 5.56 Å². The summed E-state index contributed by atoms with van der Waals surface area (Å²) in [6.07, 6.45) is -1.08. The van der Waals surface area contributed by atoms with Gasteiger partial charge in [0.15, 0.2) is 0 Å². The van der Waals surface area contributed by atoms with E-state index >= 15 is 0 Å². The molecule has 1 unspecified atom stereocenters. The quantitative estimate of drug-likeness (QED) is 0.301. The minimum Gasteiger partial charge on any atom is -0.322 e. The molecule has 18 heavy (non-hydrogen) atoms. The van der Waals surface area contributed by atoms with Crippen molar-refractivity contribution in [3.8, 4) is 0 Å². The first-order valence-corrected chi connectivity index (χ1v) is 5.34. The molecule has 0 aromatic heterocycles. The van der Waals surface area contributed by atoms with Crippen LogP contribution in [0.15, 0.2) is 24.3 Å². The zero-order valence-electron chi connectivity index (χ0n) is 9.93. The Kier molecular flexibility index (Phi) is 5.09. The summed E-state index contributed by atoms with van der Waals surface area (Å²) in [6.45, 7) is 1.94. The molecule has 0 saturated carbocycles. The molecule has 1 atom stereocenters. The first-order valence-electron chi connectivity index (χ1n) is 5.34. The second-order valence-corrected chi connectivity index (χ2v) is 3.81. The van der Waals surface area contributed by atoms with E-state index in [9.17, 15) is 9.59 Å². The minimum absolute atomic E-state index is 0.210. The van der Waals surface area contributed by atoms with Crippen molar-refractivity contribution >= 4 is 17.6 Å². The molecule has 0 aliphatic heterocycles. The molecule has 3 amide bonds. The van der Waals surface area contributed by atoms with Gasteiger partial charge in [0, 0.05) is 5.69 Å². The van der Waals surface area contributed by atoms with Gasteiger partial charge in [0.2, 0.25) is 5.91 Å². The largest absolute Gasteiger partial charge is 0.322 e. The Hall–Kier alpha value is -2.12. The summed E-state index contributed by atoms with van der Waals surface area (Å²) in [5.41, 5.74) is 8.62. The van der Waals surface area contributed by atoms with Crippen LogP contribution in [0.1, 0.15) is 12.0 Å². The molecule has 0 bridgehead atoms. The number of anilines is 1. The van der Waals surface area contributed by atoms with Crippen LogP contribution < -0.4 is 21.8 Å². The van der Waals surface area contributed by atoms with Crippen LogP contribution in [0, 0.1) is 6.92 Å². The number of nitrogens with two attached hydrogens (primary N) is 1. The lowest BCUT2D eigenvalue weighted by Crippen LogP contribution is -2.46. The van der Waals surface area contributed by atoms with Gasteiger partial charge in [0.25, 0.3) is 0 Å². The number of benzene rings is 1. The molecule has 0 spiro atoms. The number of nitrogens with one attached hydrogen (secondary N) is 3. The maximum absolute atomic E-state index is 11.5. The maximum Gasteiger partial charge on any atom is 0.320 e. The molecule has 98 valence electrons. The lowest BCUT2D eigenvalue weighted by molar-refractivity contribution is -0.129. The monoisotopic (exact) mass is 252 g/mol. The topological polar surface area (TPSA) is 116 Å². The lowest BCUT2D eigenvalue weighted by atomic mass is 10.2. The Balaban J connectivity index is 2.41. The molecular weight excluding hydrogens is 236 g/mol. The number of rotatable bonds is 4. The molecular formula is C11H16N4O3. The van der Waals surface area contributed by atoms with Crippen LogP contribution in [-0.4, -0.2) is 23.3 Å². The zero-order chi connectivity index (χ0) is 13.5. The molecule has 7 nitrogen and oxygen atoms in total. The van der Waals surface area contributed by atoms with Crippen molar-refractivity contribution < 1.29 is 14.8 Å². The van der Waals surface area contributed by atoms with Crippen LogP contribution in [0.3, 0.4) is 0 Å². The number of amides is 3. The standard InChI is InChI=1S/C11H16N4O3/c1-7-2-4-8(5-3-7)13-11(17)14-9(12)6-10(16)15-18/h2-5,9,18H,6,12H2,1H3,(H,15,16)(H2,13,14,17). The van der Waals surface area contributed by atoms with E-state index in [1.165, 1.54) is 5.48 Å². The Bertz CT molecular complexity index is 419. The summed E-state index contributed by atoms with van der Waals surface area (Å²) in [5.74, 6) is -0.668. The van der Waals surface area contributed by atoms with E-state index in [1.807, 2.05) is 19.1 Å². The average molecular weight is 252 g/mol. The van der Waals surface area contributed by atoms with Gasteiger partial charge in [-0.2, -0.15) is 0 Å². The summed E-state index contributed by atoms with van der Waals surface area (Å²) < 4.78 is 0. The number of urea groups is 1. The third-order valence-electron chi connectivity index (χ3n) is 2.16.